The Balaban J connectivity index is 2.03. The lowest BCUT2D eigenvalue weighted by atomic mass is 10.2. The topological polar surface area (TPSA) is 114 Å². The highest BCUT2D eigenvalue weighted by Gasteiger charge is 2.32. The Kier molecular flexibility index (Phi) is 6.13. The Bertz CT molecular complexity index is 735. The van der Waals surface area contributed by atoms with Crippen molar-refractivity contribution in [3.8, 4) is 0 Å². The van der Waals surface area contributed by atoms with Crippen LogP contribution in [0.5, 0.6) is 0 Å². The highest BCUT2D eigenvalue weighted by Crippen LogP contribution is 2.27. The monoisotopic (exact) mass is 364 g/mol. The third-order valence-corrected chi connectivity index (χ3v) is 4.80. The third-order valence-electron chi connectivity index (χ3n) is 3.70. The van der Waals surface area contributed by atoms with Gasteiger partial charge in [0.25, 0.3) is 5.69 Å². The Morgan fingerprint density at radius 3 is 2.88 bits per heavy atom. The van der Waals surface area contributed by atoms with Gasteiger partial charge in [0.1, 0.15) is 10.9 Å². The molecule has 134 valence electrons. The summed E-state index contributed by atoms with van der Waals surface area (Å²) >= 11 is 1.21. The maximum atomic E-state index is 12.2. The number of rotatable bonds is 6. The van der Waals surface area contributed by atoms with Crippen LogP contribution in [0.2, 0.25) is 0 Å². The summed E-state index contributed by atoms with van der Waals surface area (Å²) in [6.07, 6.45) is 0.767. The molecule has 1 aromatic rings. The van der Waals surface area contributed by atoms with Gasteiger partial charge in [-0.25, -0.2) is 0 Å². The van der Waals surface area contributed by atoms with Crippen molar-refractivity contribution >= 4 is 40.1 Å². The first-order chi connectivity index (χ1) is 11.8. The molecule has 2 rings (SSSR count). The number of anilines is 1. The number of aryl methyl sites for hydroxylation is 1. The van der Waals surface area contributed by atoms with Gasteiger partial charge < -0.3 is 10.6 Å². The van der Waals surface area contributed by atoms with Crippen molar-refractivity contribution in [1.82, 2.24) is 5.32 Å². The number of thioether (sulfide) groups is 1. The van der Waals surface area contributed by atoms with Crippen molar-refractivity contribution in [3.63, 3.8) is 0 Å². The van der Waals surface area contributed by atoms with Gasteiger partial charge in [0.05, 0.1) is 4.92 Å². The van der Waals surface area contributed by atoms with E-state index >= 15 is 0 Å². The highest BCUT2D eigenvalue weighted by atomic mass is 32.2. The zero-order chi connectivity index (χ0) is 18.6. The number of carbonyl (C=O) groups is 2. The number of hydrogen-bond acceptors (Lipinski definition) is 6. The Morgan fingerprint density at radius 1 is 1.52 bits per heavy atom. The van der Waals surface area contributed by atoms with E-state index in [9.17, 15) is 19.7 Å². The van der Waals surface area contributed by atoms with Crippen LogP contribution < -0.4 is 10.6 Å². The molecule has 1 saturated heterocycles. The van der Waals surface area contributed by atoms with Gasteiger partial charge in [-0.05, 0) is 31.9 Å². The molecule has 0 aliphatic carbocycles. The van der Waals surface area contributed by atoms with E-state index in [-0.39, 0.29) is 29.7 Å². The number of nitro benzene ring substituents is 1. The van der Waals surface area contributed by atoms with Gasteiger partial charge in [-0.15, -0.1) is 0 Å². The summed E-state index contributed by atoms with van der Waals surface area (Å²) in [6, 6.07) is 4.65. The predicted molar refractivity (Wildman–Crippen MR) is 97.8 cm³/mol. The highest BCUT2D eigenvalue weighted by molar-refractivity contribution is 8.15. The van der Waals surface area contributed by atoms with Crippen LogP contribution in [0.1, 0.15) is 32.3 Å². The van der Waals surface area contributed by atoms with Gasteiger partial charge in [0.2, 0.25) is 11.8 Å². The summed E-state index contributed by atoms with van der Waals surface area (Å²) in [4.78, 5) is 39.1. The van der Waals surface area contributed by atoms with Gasteiger partial charge >= 0.3 is 0 Å². The van der Waals surface area contributed by atoms with Crippen LogP contribution in [-0.4, -0.2) is 33.2 Å². The molecular formula is C16H20N4O4S. The van der Waals surface area contributed by atoms with Crippen LogP contribution >= 0.6 is 11.8 Å². The predicted octanol–water partition coefficient (Wildman–Crippen LogP) is 2.62. The molecule has 2 atom stereocenters. The molecule has 1 aromatic carbocycles. The minimum absolute atomic E-state index is 0.0823. The SMILES string of the molecule is CC[C@H](C)N=C1NC(=O)[C@H](CC(=O)Nc2ccc(C)cc2[N+](=O)[O-])S1. The molecule has 1 aliphatic rings. The van der Waals surface area contributed by atoms with Gasteiger partial charge in [0.15, 0.2) is 5.17 Å². The average molecular weight is 364 g/mol. The number of aliphatic imine (C=N–C) groups is 1. The molecule has 9 heteroatoms. The van der Waals surface area contributed by atoms with Crippen LogP contribution in [0.25, 0.3) is 0 Å². The maximum absolute atomic E-state index is 12.2. The van der Waals surface area contributed by atoms with E-state index in [1.165, 1.54) is 23.9 Å². The second-order valence-corrected chi connectivity index (χ2v) is 7.01. The molecule has 1 aliphatic heterocycles. The van der Waals surface area contributed by atoms with Crippen molar-refractivity contribution in [3.05, 3.63) is 33.9 Å². The molecule has 0 bridgehead atoms. The lowest BCUT2D eigenvalue weighted by molar-refractivity contribution is -0.384. The summed E-state index contributed by atoms with van der Waals surface area (Å²) in [5.41, 5.74) is 0.676. The number of hydrogen-bond donors (Lipinski definition) is 2. The van der Waals surface area contributed by atoms with E-state index in [0.717, 1.165) is 12.0 Å². The molecule has 0 aromatic heterocycles. The first-order valence-electron chi connectivity index (χ1n) is 7.90. The normalized spacial score (nSPS) is 19.6. The van der Waals surface area contributed by atoms with Crippen LogP contribution in [0.3, 0.4) is 0 Å². The van der Waals surface area contributed by atoms with Crippen molar-refractivity contribution in [2.75, 3.05) is 5.32 Å². The van der Waals surface area contributed by atoms with Gasteiger partial charge in [-0.1, -0.05) is 24.8 Å². The van der Waals surface area contributed by atoms with Gasteiger partial charge in [0, 0.05) is 18.5 Å². The van der Waals surface area contributed by atoms with E-state index in [2.05, 4.69) is 15.6 Å². The fraction of sp³-hybridized carbons (Fsp3) is 0.438. The summed E-state index contributed by atoms with van der Waals surface area (Å²) < 4.78 is 0. The average Bonchev–Trinajstić information content (AvgIpc) is 2.87. The summed E-state index contributed by atoms with van der Waals surface area (Å²) in [6.45, 7) is 5.67. The molecule has 2 N–H and O–H groups in total. The van der Waals surface area contributed by atoms with Gasteiger partial charge in [-0.3, -0.25) is 24.7 Å². The number of nitrogens with one attached hydrogen (secondary N) is 2. The van der Waals surface area contributed by atoms with Crippen molar-refractivity contribution in [2.45, 2.75) is 44.9 Å². The molecule has 0 unspecified atom stereocenters. The van der Waals surface area contributed by atoms with E-state index in [4.69, 9.17) is 0 Å². The van der Waals surface area contributed by atoms with Crippen molar-refractivity contribution < 1.29 is 14.5 Å². The Labute approximate surface area is 149 Å². The molecule has 0 saturated carbocycles. The minimum atomic E-state index is -0.590. The number of nitrogens with zero attached hydrogens (tertiary/aromatic N) is 2. The van der Waals surface area contributed by atoms with Crippen LogP contribution in [-0.2, 0) is 9.59 Å². The van der Waals surface area contributed by atoms with Crippen LogP contribution in [0, 0.1) is 17.0 Å². The molecule has 2 amide bonds. The summed E-state index contributed by atoms with van der Waals surface area (Å²) in [5, 5.41) is 16.2. The minimum Gasteiger partial charge on any atom is -0.320 e. The quantitative estimate of drug-likeness (QED) is 0.595. The fourth-order valence-corrected chi connectivity index (χ4v) is 3.23. The summed E-state index contributed by atoms with van der Waals surface area (Å²) in [7, 11) is 0. The van der Waals surface area contributed by atoms with E-state index in [0.29, 0.717) is 5.17 Å². The molecule has 1 fully saturated rings. The molecule has 8 nitrogen and oxygen atoms in total. The maximum Gasteiger partial charge on any atom is 0.293 e. The zero-order valence-corrected chi connectivity index (χ0v) is 15.1. The number of nitro groups is 1. The third kappa shape index (κ3) is 5.02. The summed E-state index contributed by atoms with van der Waals surface area (Å²) in [5.74, 6) is -0.731. The first kappa shape index (κ1) is 18.9. The lowest BCUT2D eigenvalue weighted by Crippen LogP contribution is -2.28. The van der Waals surface area contributed by atoms with Gasteiger partial charge in [-0.2, -0.15) is 0 Å². The zero-order valence-electron chi connectivity index (χ0n) is 14.2. The van der Waals surface area contributed by atoms with E-state index < -0.39 is 16.1 Å². The van der Waals surface area contributed by atoms with E-state index in [1.54, 1.807) is 13.0 Å². The number of amidine groups is 1. The molecule has 0 radical (unpaired) electrons. The molecule has 0 spiro atoms. The standard InChI is InChI=1S/C16H20N4O4S/c1-4-10(3)17-16-19-15(22)13(25-16)8-14(21)18-11-6-5-9(2)7-12(11)20(23)24/h5-7,10,13H,4,8H2,1-3H3,(H,18,21)(H,17,19,22)/t10-,13-/m0/s1. The largest absolute Gasteiger partial charge is 0.320 e. The fourth-order valence-electron chi connectivity index (χ4n) is 2.16. The molecule has 25 heavy (non-hydrogen) atoms. The Hall–Kier alpha value is -2.42. The number of amides is 2. The second-order valence-electron chi connectivity index (χ2n) is 5.82. The van der Waals surface area contributed by atoms with Crippen LogP contribution in [0.15, 0.2) is 23.2 Å². The molecular weight excluding hydrogens is 344 g/mol. The van der Waals surface area contributed by atoms with Crippen molar-refractivity contribution in [1.29, 1.82) is 0 Å². The Morgan fingerprint density at radius 2 is 2.24 bits per heavy atom. The lowest BCUT2D eigenvalue weighted by Gasteiger charge is -2.08. The first-order valence-corrected chi connectivity index (χ1v) is 8.78. The smallest absolute Gasteiger partial charge is 0.293 e. The second kappa shape index (κ2) is 8.11. The van der Waals surface area contributed by atoms with E-state index in [1.807, 2.05) is 13.8 Å². The van der Waals surface area contributed by atoms with Crippen LogP contribution in [0.4, 0.5) is 11.4 Å². The number of carbonyl (C=O) groups excluding carboxylic acids is 2. The molecule has 1 heterocycles. The number of benzene rings is 1. The van der Waals surface area contributed by atoms with Crippen molar-refractivity contribution in [2.24, 2.45) is 4.99 Å².